The summed E-state index contributed by atoms with van der Waals surface area (Å²) in [5.41, 5.74) is 1.95. The van der Waals surface area contributed by atoms with Crippen LogP contribution < -0.4 is 4.74 Å². The Kier molecular flexibility index (Phi) is 8.70. The Labute approximate surface area is 210 Å². The van der Waals surface area contributed by atoms with E-state index in [1.54, 1.807) is 0 Å². The molecule has 9 nitrogen and oxygen atoms in total. The zero-order chi connectivity index (χ0) is 25.3. The molecule has 2 heterocycles. The van der Waals surface area contributed by atoms with E-state index in [9.17, 15) is 19.8 Å². The van der Waals surface area contributed by atoms with Crippen LogP contribution in [0, 0.1) is 0 Å². The summed E-state index contributed by atoms with van der Waals surface area (Å²) >= 11 is 0. The van der Waals surface area contributed by atoms with Crippen LogP contribution in [-0.2, 0) is 20.9 Å². The van der Waals surface area contributed by atoms with Crippen molar-refractivity contribution in [3.05, 3.63) is 77.4 Å². The number of nitrogens with zero attached hydrogens (tertiary/aromatic N) is 3. The molecule has 0 aliphatic carbocycles. The predicted molar refractivity (Wildman–Crippen MR) is 134 cm³/mol. The lowest BCUT2D eigenvalue weighted by atomic mass is 10.0. The molecule has 0 spiro atoms. The Morgan fingerprint density at radius 1 is 1.08 bits per heavy atom. The number of aliphatic imine (C=N–C) groups is 1. The van der Waals surface area contributed by atoms with E-state index in [2.05, 4.69) is 9.89 Å². The van der Waals surface area contributed by atoms with Crippen LogP contribution >= 0.6 is 0 Å². The number of carboxylic acid groups (broad SMARTS) is 2. The maximum atomic E-state index is 12.0. The highest BCUT2D eigenvalue weighted by Gasteiger charge is 2.33. The first kappa shape index (κ1) is 25.4. The van der Waals surface area contributed by atoms with E-state index in [0.717, 1.165) is 29.5 Å². The molecular formula is C27H31N3O6. The maximum absolute atomic E-state index is 12.0. The molecule has 1 unspecified atom stereocenters. The average Bonchev–Trinajstić information content (AvgIpc) is 3.42. The fraction of sp³-hybridized carbons (Fsp3) is 0.370. The topological polar surface area (TPSA) is 112 Å². The fourth-order valence-electron chi connectivity index (χ4n) is 4.52. The molecule has 2 aliphatic rings. The summed E-state index contributed by atoms with van der Waals surface area (Å²) in [6.45, 7) is 4.87. The van der Waals surface area contributed by atoms with Gasteiger partial charge in [0.25, 0.3) is 0 Å². The molecular weight excluding hydrogens is 462 g/mol. The molecule has 0 radical (unpaired) electrons. The Balaban J connectivity index is 1.35. The van der Waals surface area contributed by atoms with Gasteiger partial charge in [-0.15, -0.1) is 0 Å². The van der Waals surface area contributed by atoms with E-state index in [1.165, 1.54) is 0 Å². The fourth-order valence-corrected chi connectivity index (χ4v) is 4.52. The molecule has 190 valence electrons. The van der Waals surface area contributed by atoms with Crippen LogP contribution in [-0.4, -0.2) is 89.8 Å². The Morgan fingerprint density at radius 2 is 1.86 bits per heavy atom. The standard InChI is InChI=1S/C27H31N3O6/c31-25(32)17-23(27(33)34)24-19-29(18-20-5-2-1-3-6-20)13-14-30(24)12-4-15-35-22-9-7-21(8-10-22)26-28-11-16-36-26/h1-3,5-10,17,24H,4,11-16,18-19H2,(H,31,32)(H,33,34). The van der Waals surface area contributed by atoms with Crippen molar-refractivity contribution in [1.29, 1.82) is 0 Å². The first-order valence-corrected chi connectivity index (χ1v) is 12.1. The molecule has 1 saturated heterocycles. The summed E-state index contributed by atoms with van der Waals surface area (Å²) in [5, 5.41) is 19.0. The minimum Gasteiger partial charge on any atom is -0.494 e. The second-order valence-electron chi connectivity index (χ2n) is 8.78. The number of benzene rings is 2. The molecule has 2 aromatic carbocycles. The first-order chi connectivity index (χ1) is 17.5. The number of ether oxygens (including phenoxy) is 2. The van der Waals surface area contributed by atoms with Gasteiger partial charge in [0.1, 0.15) is 12.4 Å². The van der Waals surface area contributed by atoms with Crippen LogP contribution in [0.3, 0.4) is 0 Å². The van der Waals surface area contributed by atoms with Gasteiger partial charge in [0, 0.05) is 44.4 Å². The SMILES string of the molecule is O=C(O)C=C(C(=O)O)C1CN(Cc2ccccc2)CCN1CCCOc1ccc(C2=NCCO2)cc1. The van der Waals surface area contributed by atoms with Gasteiger partial charge < -0.3 is 19.7 Å². The molecule has 36 heavy (non-hydrogen) atoms. The predicted octanol–water partition coefficient (Wildman–Crippen LogP) is 2.51. The maximum Gasteiger partial charge on any atom is 0.333 e. The molecule has 0 saturated carbocycles. The van der Waals surface area contributed by atoms with E-state index in [0.29, 0.717) is 58.3 Å². The highest BCUT2D eigenvalue weighted by atomic mass is 16.5. The van der Waals surface area contributed by atoms with Crippen LogP contribution in [0.25, 0.3) is 0 Å². The van der Waals surface area contributed by atoms with Gasteiger partial charge in [0.15, 0.2) is 0 Å². The molecule has 2 N–H and O–H groups in total. The van der Waals surface area contributed by atoms with Gasteiger partial charge in [-0.05, 0) is 36.2 Å². The minimum absolute atomic E-state index is 0.103. The highest BCUT2D eigenvalue weighted by Crippen LogP contribution is 2.21. The highest BCUT2D eigenvalue weighted by molar-refractivity contribution is 5.96. The van der Waals surface area contributed by atoms with E-state index in [4.69, 9.17) is 9.47 Å². The number of aliphatic carboxylic acids is 2. The van der Waals surface area contributed by atoms with Gasteiger partial charge in [-0.3, -0.25) is 9.80 Å². The Bertz CT molecular complexity index is 1100. The lowest BCUT2D eigenvalue weighted by Crippen LogP contribution is -2.54. The van der Waals surface area contributed by atoms with Gasteiger partial charge in [-0.25, -0.2) is 14.6 Å². The number of rotatable bonds is 11. The monoisotopic (exact) mass is 493 g/mol. The number of hydrogen-bond acceptors (Lipinski definition) is 7. The average molecular weight is 494 g/mol. The third-order valence-corrected chi connectivity index (χ3v) is 6.25. The van der Waals surface area contributed by atoms with Gasteiger partial charge in [-0.2, -0.15) is 0 Å². The normalized spacial score (nSPS) is 18.9. The number of carboxylic acids is 2. The van der Waals surface area contributed by atoms with Crippen LogP contribution in [0.5, 0.6) is 5.75 Å². The quantitative estimate of drug-likeness (QED) is 0.363. The molecule has 9 heteroatoms. The number of hydrogen-bond donors (Lipinski definition) is 2. The van der Waals surface area contributed by atoms with Gasteiger partial charge >= 0.3 is 11.9 Å². The molecule has 0 amide bonds. The van der Waals surface area contributed by atoms with E-state index in [-0.39, 0.29) is 5.57 Å². The third kappa shape index (κ3) is 6.93. The number of carbonyl (C=O) groups is 2. The van der Waals surface area contributed by atoms with E-state index < -0.39 is 18.0 Å². The summed E-state index contributed by atoms with van der Waals surface area (Å²) < 4.78 is 11.4. The first-order valence-electron chi connectivity index (χ1n) is 12.1. The lowest BCUT2D eigenvalue weighted by Gasteiger charge is -2.41. The zero-order valence-corrected chi connectivity index (χ0v) is 20.1. The smallest absolute Gasteiger partial charge is 0.333 e. The van der Waals surface area contributed by atoms with Gasteiger partial charge in [-0.1, -0.05) is 30.3 Å². The second-order valence-corrected chi connectivity index (χ2v) is 8.78. The summed E-state index contributed by atoms with van der Waals surface area (Å²) in [6.07, 6.45) is 1.50. The Hall–Kier alpha value is -3.69. The van der Waals surface area contributed by atoms with Crippen molar-refractivity contribution in [2.75, 3.05) is 45.9 Å². The van der Waals surface area contributed by atoms with Gasteiger partial charge in [0.2, 0.25) is 5.90 Å². The molecule has 0 aromatic heterocycles. The Morgan fingerprint density at radius 3 is 2.53 bits per heavy atom. The second kappa shape index (κ2) is 12.3. The molecule has 2 aliphatic heterocycles. The summed E-state index contributed by atoms with van der Waals surface area (Å²) in [5.74, 6) is -1.07. The minimum atomic E-state index is -1.26. The van der Waals surface area contributed by atoms with Crippen molar-refractivity contribution < 1.29 is 29.3 Å². The summed E-state index contributed by atoms with van der Waals surface area (Å²) in [6, 6.07) is 17.0. The van der Waals surface area contributed by atoms with Gasteiger partial charge in [0.05, 0.1) is 24.8 Å². The van der Waals surface area contributed by atoms with Crippen molar-refractivity contribution in [1.82, 2.24) is 9.80 Å². The van der Waals surface area contributed by atoms with Crippen molar-refractivity contribution in [3.8, 4) is 5.75 Å². The van der Waals surface area contributed by atoms with Crippen LogP contribution in [0.4, 0.5) is 0 Å². The summed E-state index contributed by atoms with van der Waals surface area (Å²) in [7, 11) is 0. The molecule has 0 bridgehead atoms. The van der Waals surface area contributed by atoms with Crippen molar-refractivity contribution in [3.63, 3.8) is 0 Å². The molecule has 1 atom stereocenters. The van der Waals surface area contributed by atoms with Crippen LogP contribution in [0.15, 0.2) is 71.2 Å². The summed E-state index contributed by atoms with van der Waals surface area (Å²) in [4.78, 5) is 31.8. The third-order valence-electron chi connectivity index (χ3n) is 6.25. The van der Waals surface area contributed by atoms with E-state index >= 15 is 0 Å². The number of piperazine rings is 1. The zero-order valence-electron chi connectivity index (χ0n) is 20.1. The lowest BCUT2D eigenvalue weighted by molar-refractivity contribution is -0.136. The van der Waals surface area contributed by atoms with Crippen molar-refractivity contribution in [2.45, 2.75) is 19.0 Å². The molecule has 1 fully saturated rings. The molecule has 2 aromatic rings. The van der Waals surface area contributed by atoms with Crippen molar-refractivity contribution in [2.24, 2.45) is 4.99 Å². The molecule has 4 rings (SSSR count). The van der Waals surface area contributed by atoms with E-state index in [1.807, 2.05) is 59.5 Å². The van der Waals surface area contributed by atoms with Crippen LogP contribution in [0.2, 0.25) is 0 Å². The van der Waals surface area contributed by atoms with Crippen molar-refractivity contribution >= 4 is 17.8 Å². The largest absolute Gasteiger partial charge is 0.494 e. The van der Waals surface area contributed by atoms with Crippen LogP contribution in [0.1, 0.15) is 17.5 Å².